The minimum atomic E-state index is -0.267. The molecule has 0 saturated carbocycles. The number of anilines is 2. The molecule has 1 amide bonds. The van der Waals surface area contributed by atoms with Crippen molar-refractivity contribution in [2.45, 2.75) is 6.54 Å². The van der Waals surface area contributed by atoms with Crippen LogP contribution in [0.5, 0.6) is 0 Å². The van der Waals surface area contributed by atoms with E-state index in [9.17, 15) is 9.59 Å². The first-order valence-corrected chi connectivity index (χ1v) is 9.28. The van der Waals surface area contributed by atoms with Crippen molar-refractivity contribution >= 4 is 48.9 Å². The van der Waals surface area contributed by atoms with Gasteiger partial charge in [0.05, 0.1) is 11.8 Å². The molecule has 6 nitrogen and oxygen atoms in total. The van der Waals surface area contributed by atoms with Crippen molar-refractivity contribution < 1.29 is 4.79 Å². The fourth-order valence-electron chi connectivity index (χ4n) is 2.93. The van der Waals surface area contributed by atoms with Gasteiger partial charge in [-0.1, -0.05) is 18.2 Å². The van der Waals surface area contributed by atoms with Crippen LogP contribution in [0.4, 0.5) is 11.4 Å². The van der Waals surface area contributed by atoms with E-state index in [1.54, 1.807) is 0 Å². The molecule has 2 aromatic carbocycles. The van der Waals surface area contributed by atoms with Gasteiger partial charge in [-0.05, 0) is 30.3 Å². The number of thiophene rings is 1. The third kappa shape index (κ3) is 3.29. The maximum Gasteiger partial charge on any atom is 0.271 e. The molecule has 2 heterocycles. The molecule has 0 unspecified atom stereocenters. The number of aromatic nitrogens is 2. The van der Waals surface area contributed by atoms with Crippen LogP contribution in [0.2, 0.25) is 0 Å². The first kappa shape index (κ1) is 17.2. The quantitative estimate of drug-likeness (QED) is 0.592. The lowest BCUT2D eigenvalue weighted by Crippen LogP contribution is -2.27. The first-order valence-electron chi connectivity index (χ1n) is 8.47. The number of hydrogen-bond donors (Lipinski definition) is 1. The van der Waals surface area contributed by atoms with E-state index < -0.39 is 0 Å². The lowest BCUT2D eigenvalue weighted by Gasteiger charge is -2.13. The molecule has 0 spiro atoms. The number of nitrogens with zero attached hydrogens (tertiary/aromatic N) is 3. The minimum absolute atomic E-state index is 0.0779. The van der Waals surface area contributed by atoms with Gasteiger partial charge in [0, 0.05) is 35.6 Å². The molecule has 0 radical (unpaired) electrons. The number of fused-ring (bicyclic) bond motifs is 3. The smallest absolute Gasteiger partial charge is 0.271 e. The fraction of sp³-hybridized carbons (Fsp3) is 0.150. The summed E-state index contributed by atoms with van der Waals surface area (Å²) in [6.07, 6.45) is 1.44. The number of carbonyl (C=O) groups is 1. The molecule has 0 aliphatic heterocycles. The van der Waals surface area contributed by atoms with E-state index in [1.807, 2.05) is 67.5 Å². The summed E-state index contributed by atoms with van der Waals surface area (Å²) in [5, 5.41) is 3.78. The second-order valence-electron chi connectivity index (χ2n) is 6.44. The van der Waals surface area contributed by atoms with Crippen LogP contribution >= 0.6 is 11.3 Å². The Morgan fingerprint density at radius 1 is 1.15 bits per heavy atom. The molecule has 0 fully saturated rings. The molecule has 7 heteroatoms. The van der Waals surface area contributed by atoms with Crippen LogP contribution in [-0.2, 0) is 11.3 Å². The Kier molecular flexibility index (Phi) is 4.37. The average molecular weight is 378 g/mol. The molecule has 0 aliphatic carbocycles. The largest absolute Gasteiger partial charge is 0.378 e. The molecule has 4 aromatic rings. The van der Waals surface area contributed by atoms with Crippen LogP contribution in [0.15, 0.2) is 59.7 Å². The molecule has 0 saturated heterocycles. The van der Waals surface area contributed by atoms with Crippen molar-refractivity contribution in [3.63, 3.8) is 0 Å². The van der Waals surface area contributed by atoms with Gasteiger partial charge in [0.25, 0.3) is 5.56 Å². The number of carbonyl (C=O) groups excluding carboxylic acids is 1. The summed E-state index contributed by atoms with van der Waals surface area (Å²) < 4.78 is 2.93. The number of nitrogens with one attached hydrogen (secondary N) is 1. The van der Waals surface area contributed by atoms with E-state index in [-0.39, 0.29) is 18.0 Å². The molecule has 0 bridgehead atoms. The van der Waals surface area contributed by atoms with Crippen molar-refractivity contribution in [3.8, 4) is 0 Å². The van der Waals surface area contributed by atoms with Crippen molar-refractivity contribution in [1.82, 2.24) is 9.55 Å². The molecular formula is C20H18N4O2S. The van der Waals surface area contributed by atoms with Crippen molar-refractivity contribution in [2.75, 3.05) is 24.3 Å². The molecule has 0 aliphatic rings. The highest BCUT2D eigenvalue weighted by Gasteiger charge is 2.13. The zero-order valence-corrected chi connectivity index (χ0v) is 15.8. The van der Waals surface area contributed by atoms with Crippen LogP contribution in [0.3, 0.4) is 0 Å². The highest BCUT2D eigenvalue weighted by atomic mass is 32.1. The minimum Gasteiger partial charge on any atom is -0.378 e. The Morgan fingerprint density at radius 2 is 1.89 bits per heavy atom. The highest BCUT2D eigenvalue weighted by molar-refractivity contribution is 7.25. The van der Waals surface area contributed by atoms with E-state index in [0.29, 0.717) is 15.9 Å². The molecule has 0 atom stereocenters. The Bertz CT molecular complexity index is 1190. The Balaban J connectivity index is 1.57. The predicted molar refractivity (Wildman–Crippen MR) is 111 cm³/mol. The summed E-state index contributed by atoms with van der Waals surface area (Å²) in [5.41, 5.74) is 2.23. The second-order valence-corrected chi connectivity index (χ2v) is 7.50. The van der Waals surface area contributed by atoms with Gasteiger partial charge < -0.3 is 10.2 Å². The monoisotopic (exact) mass is 378 g/mol. The molecular weight excluding hydrogens is 360 g/mol. The van der Waals surface area contributed by atoms with E-state index >= 15 is 0 Å². The lowest BCUT2D eigenvalue weighted by molar-refractivity contribution is -0.116. The Labute approximate surface area is 159 Å². The molecule has 136 valence electrons. The molecule has 2 aromatic heterocycles. The summed E-state index contributed by atoms with van der Waals surface area (Å²) >= 11 is 1.41. The SMILES string of the molecule is CN(C)c1ccc(NC(=O)Cn2cnc3c(sc4ccccc43)c2=O)cc1. The van der Waals surface area contributed by atoms with Gasteiger partial charge >= 0.3 is 0 Å². The van der Waals surface area contributed by atoms with Crippen molar-refractivity contribution in [1.29, 1.82) is 0 Å². The number of rotatable bonds is 4. The lowest BCUT2D eigenvalue weighted by atomic mass is 10.2. The van der Waals surface area contributed by atoms with Gasteiger partial charge in [-0.15, -0.1) is 11.3 Å². The zero-order chi connectivity index (χ0) is 19.0. The van der Waals surface area contributed by atoms with Crippen molar-refractivity contribution in [3.05, 3.63) is 65.2 Å². The molecule has 4 rings (SSSR count). The molecule has 27 heavy (non-hydrogen) atoms. The summed E-state index contributed by atoms with van der Waals surface area (Å²) in [5.74, 6) is -0.267. The maximum atomic E-state index is 12.8. The van der Waals surface area contributed by atoms with Gasteiger partial charge in [0.15, 0.2) is 0 Å². The average Bonchev–Trinajstić information content (AvgIpc) is 3.04. The summed E-state index contributed by atoms with van der Waals surface area (Å²) in [4.78, 5) is 31.5. The van der Waals surface area contributed by atoms with Crippen LogP contribution in [0.25, 0.3) is 20.3 Å². The Hall–Kier alpha value is -3.19. The van der Waals surface area contributed by atoms with Crippen molar-refractivity contribution in [2.24, 2.45) is 0 Å². The fourth-order valence-corrected chi connectivity index (χ4v) is 4.03. The highest BCUT2D eigenvalue weighted by Crippen LogP contribution is 2.29. The van der Waals surface area contributed by atoms with Gasteiger partial charge in [-0.2, -0.15) is 0 Å². The Morgan fingerprint density at radius 3 is 2.63 bits per heavy atom. The standard InChI is InChI=1S/C20H18N4O2S/c1-23(2)14-9-7-13(8-10-14)22-17(25)11-24-12-21-18-15-5-3-4-6-16(15)27-19(18)20(24)26/h3-10,12H,11H2,1-2H3,(H,22,25). The van der Waals surface area contributed by atoms with Gasteiger partial charge in [-0.3, -0.25) is 14.2 Å². The molecule has 1 N–H and O–H groups in total. The van der Waals surface area contributed by atoms with Gasteiger partial charge in [0.1, 0.15) is 11.2 Å². The zero-order valence-electron chi connectivity index (χ0n) is 15.0. The predicted octanol–water partition coefficient (Wildman–Crippen LogP) is 3.32. The topological polar surface area (TPSA) is 67.2 Å². The van der Waals surface area contributed by atoms with Crippen LogP contribution in [0, 0.1) is 0 Å². The maximum absolute atomic E-state index is 12.8. The van der Waals surface area contributed by atoms with E-state index in [2.05, 4.69) is 10.3 Å². The van der Waals surface area contributed by atoms with Crippen LogP contribution in [-0.4, -0.2) is 29.6 Å². The first-order chi connectivity index (χ1) is 13.0. The summed E-state index contributed by atoms with van der Waals surface area (Å²) in [7, 11) is 3.91. The second kappa shape index (κ2) is 6.85. The van der Waals surface area contributed by atoms with E-state index in [0.717, 1.165) is 15.8 Å². The van der Waals surface area contributed by atoms with Crippen LogP contribution in [0.1, 0.15) is 0 Å². The third-order valence-corrected chi connectivity index (χ3v) is 5.48. The third-order valence-electron chi connectivity index (χ3n) is 4.33. The summed E-state index contributed by atoms with van der Waals surface area (Å²) in [6, 6.07) is 15.3. The van der Waals surface area contributed by atoms with E-state index in [4.69, 9.17) is 0 Å². The van der Waals surface area contributed by atoms with E-state index in [1.165, 1.54) is 22.2 Å². The number of benzene rings is 2. The number of hydrogen-bond acceptors (Lipinski definition) is 5. The summed E-state index contributed by atoms with van der Waals surface area (Å²) in [6.45, 7) is -0.0779. The number of amides is 1. The van der Waals surface area contributed by atoms with Gasteiger partial charge in [0.2, 0.25) is 5.91 Å². The van der Waals surface area contributed by atoms with Gasteiger partial charge in [-0.25, -0.2) is 4.98 Å². The van der Waals surface area contributed by atoms with Crippen LogP contribution < -0.4 is 15.8 Å². The normalized spacial score (nSPS) is 11.0.